The van der Waals surface area contributed by atoms with E-state index < -0.39 is 5.60 Å². The highest BCUT2D eigenvalue weighted by atomic mass is 16.5. The number of amides is 2. The topological polar surface area (TPSA) is 70.7 Å². The number of rotatable bonds is 4. The van der Waals surface area contributed by atoms with E-state index in [0.29, 0.717) is 24.1 Å². The summed E-state index contributed by atoms with van der Waals surface area (Å²) in [6.45, 7) is 4.46. The van der Waals surface area contributed by atoms with Gasteiger partial charge in [-0.3, -0.25) is 9.59 Å². The number of hydrogen-bond donors (Lipinski definition) is 2. The average Bonchev–Trinajstić information content (AvgIpc) is 2.69. The van der Waals surface area contributed by atoms with Crippen LogP contribution in [0.3, 0.4) is 0 Å². The summed E-state index contributed by atoms with van der Waals surface area (Å²) in [5, 5.41) is 6.19. The highest BCUT2D eigenvalue weighted by Gasteiger charge is 2.39. The highest BCUT2D eigenvalue weighted by molar-refractivity contribution is 5.98. The summed E-state index contributed by atoms with van der Waals surface area (Å²) in [5.41, 5.74) is 0.580. The first-order valence-electron chi connectivity index (χ1n) is 9.54. The minimum Gasteiger partial charge on any atom is -0.368 e. The molecule has 0 radical (unpaired) electrons. The number of piperidine rings is 2. The molecule has 2 aliphatic rings. The fourth-order valence-corrected chi connectivity index (χ4v) is 3.86. The number of likely N-dealkylation sites (tertiary alicyclic amines) is 1. The van der Waals surface area contributed by atoms with Gasteiger partial charge in [0.05, 0.1) is 0 Å². The van der Waals surface area contributed by atoms with Gasteiger partial charge in [-0.15, -0.1) is 0 Å². The van der Waals surface area contributed by atoms with Crippen LogP contribution in [0.2, 0.25) is 0 Å². The quantitative estimate of drug-likeness (QED) is 0.866. The Morgan fingerprint density at radius 1 is 1.19 bits per heavy atom. The fourth-order valence-electron chi connectivity index (χ4n) is 3.86. The molecule has 3 rings (SSSR count). The Bertz CT molecular complexity index is 638. The lowest BCUT2D eigenvalue weighted by atomic mass is 9.91. The smallest absolute Gasteiger partial charge is 0.256 e. The summed E-state index contributed by atoms with van der Waals surface area (Å²) in [5.74, 6) is -0.0491. The Labute approximate surface area is 155 Å². The molecule has 2 saturated heterocycles. The van der Waals surface area contributed by atoms with E-state index >= 15 is 0 Å². The number of carbonyl (C=O) groups is 2. The first-order chi connectivity index (χ1) is 12.6. The summed E-state index contributed by atoms with van der Waals surface area (Å²) in [6.07, 6.45) is 4.62. The van der Waals surface area contributed by atoms with Crippen LogP contribution in [0.1, 0.15) is 49.4 Å². The normalized spacial score (nSPS) is 22.7. The van der Waals surface area contributed by atoms with Crippen LogP contribution in [0, 0.1) is 0 Å². The Morgan fingerprint density at radius 2 is 1.88 bits per heavy atom. The first kappa shape index (κ1) is 18.9. The average molecular weight is 359 g/mol. The molecule has 2 aliphatic heterocycles. The SMILES string of the molecule is COC1(C(=O)Nc2ccc(C(=O)N3CCCCC3C)cc2)CCNCC1. The molecule has 0 aliphatic carbocycles. The van der Waals surface area contributed by atoms with Crippen molar-refractivity contribution in [2.45, 2.75) is 50.7 Å². The maximum absolute atomic E-state index is 12.7. The minimum absolute atomic E-state index is 0.0711. The Kier molecular flexibility index (Phi) is 5.94. The van der Waals surface area contributed by atoms with E-state index in [0.717, 1.165) is 32.5 Å². The largest absolute Gasteiger partial charge is 0.368 e. The van der Waals surface area contributed by atoms with Crippen molar-refractivity contribution < 1.29 is 14.3 Å². The molecule has 0 spiro atoms. The zero-order chi connectivity index (χ0) is 18.6. The van der Waals surface area contributed by atoms with Crippen molar-refractivity contribution in [3.05, 3.63) is 29.8 Å². The molecule has 26 heavy (non-hydrogen) atoms. The van der Waals surface area contributed by atoms with E-state index in [1.165, 1.54) is 6.42 Å². The highest BCUT2D eigenvalue weighted by Crippen LogP contribution is 2.25. The van der Waals surface area contributed by atoms with E-state index in [1.807, 2.05) is 4.90 Å². The van der Waals surface area contributed by atoms with Crippen LogP contribution in [0.25, 0.3) is 0 Å². The summed E-state index contributed by atoms with van der Waals surface area (Å²) < 4.78 is 5.55. The van der Waals surface area contributed by atoms with Gasteiger partial charge in [-0.2, -0.15) is 0 Å². The molecule has 1 aromatic rings. The summed E-state index contributed by atoms with van der Waals surface area (Å²) >= 11 is 0. The second-order valence-corrected chi connectivity index (χ2v) is 7.32. The molecule has 2 fully saturated rings. The van der Waals surface area contributed by atoms with Crippen molar-refractivity contribution in [1.29, 1.82) is 0 Å². The van der Waals surface area contributed by atoms with Gasteiger partial charge < -0.3 is 20.3 Å². The molecule has 1 atom stereocenters. The Balaban J connectivity index is 1.65. The monoisotopic (exact) mass is 359 g/mol. The van der Waals surface area contributed by atoms with E-state index in [9.17, 15) is 9.59 Å². The second kappa shape index (κ2) is 8.18. The zero-order valence-corrected chi connectivity index (χ0v) is 15.7. The van der Waals surface area contributed by atoms with Gasteiger partial charge in [-0.05, 0) is 76.4 Å². The number of nitrogens with one attached hydrogen (secondary N) is 2. The summed E-state index contributed by atoms with van der Waals surface area (Å²) in [7, 11) is 1.59. The van der Waals surface area contributed by atoms with E-state index in [4.69, 9.17) is 4.74 Å². The van der Waals surface area contributed by atoms with Gasteiger partial charge in [0.1, 0.15) is 5.60 Å². The first-order valence-corrected chi connectivity index (χ1v) is 9.54. The third-order valence-electron chi connectivity index (χ3n) is 5.67. The number of anilines is 1. The molecular formula is C20H29N3O3. The third kappa shape index (κ3) is 3.91. The van der Waals surface area contributed by atoms with Crippen molar-refractivity contribution in [3.8, 4) is 0 Å². The van der Waals surface area contributed by atoms with Crippen molar-refractivity contribution in [2.24, 2.45) is 0 Å². The molecule has 6 heteroatoms. The predicted octanol–water partition coefficient (Wildman–Crippen LogP) is 2.41. The van der Waals surface area contributed by atoms with Crippen LogP contribution in [0.5, 0.6) is 0 Å². The van der Waals surface area contributed by atoms with Crippen molar-refractivity contribution >= 4 is 17.5 Å². The van der Waals surface area contributed by atoms with Crippen LogP contribution in [-0.2, 0) is 9.53 Å². The molecule has 1 aromatic carbocycles. The number of benzene rings is 1. The van der Waals surface area contributed by atoms with Gasteiger partial charge in [0.25, 0.3) is 11.8 Å². The fraction of sp³-hybridized carbons (Fsp3) is 0.600. The number of hydrogen-bond acceptors (Lipinski definition) is 4. The van der Waals surface area contributed by atoms with Crippen LogP contribution < -0.4 is 10.6 Å². The van der Waals surface area contributed by atoms with Crippen molar-refractivity contribution in [3.63, 3.8) is 0 Å². The Hall–Kier alpha value is -1.92. The minimum atomic E-state index is -0.775. The van der Waals surface area contributed by atoms with Gasteiger partial charge in [0.15, 0.2) is 0 Å². The lowest BCUT2D eigenvalue weighted by Gasteiger charge is -2.34. The molecule has 0 aromatic heterocycles. The molecule has 2 N–H and O–H groups in total. The van der Waals surface area contributed by atoms with Crippen molar-refractivity contribution in [2.75, 3.05) is 32.1 Å². The number of ether oxygens (including phenoxy) is 1. The van der Waals surface area contributed by atoms with Crippen LogP contribution in [-0.4, -0.2) is 55.1 Å². The second-order valence-electron chi connectivity index (χ2n) is 7.32. The van der Waals surface area contributed by atoms with Crippen LogP contribution in [0.4, 0.5) is 5.69 Å². The van der Waals surface area contributed by atoms with E-state index in [1.54, 1.807) is 31.4 Å². The third-order valence-corrected chi connectivity index (χ3v) is 5.67. The van der Waals surface area contributed by atoms with Crippen LogP contribution in [0.15, 0.2) is 24.3 Å². The molecule has 2 heterocycles. The van der Waals surface area contributed by atoms with E-state index in [2.05, 4.69) is 17.6 Å². The maximum atomic E-state index is 12.7. The maximum Gasteiger partial charge on any atom is 0.256 e. The number of carbonyl (C=O) groups excluding carboxylic acids is 2. The predicted molar refractivity (Wildman–Crippen MR) is 101 cm³/mol. The summed E-state index contributed by atoms with van der Waals surface area (Å²) in [6, 6.07) is 7.47. The van der Waals surface area contributed by atoms with Gasteiger partial charge in [0, 0.05) is 30.9 Å². The molecule has 0 bridgehead atoms. The van der Waals surface area contributed by atoms with Gasteiger partial charge in [-0.25, -0.2) is 0 Å². The number of methoxy groups -OCH3 is 1. The lowest BCUT2D eigenvalue weighted by Crippen LogP contribution is -2.51. The zero-order valence-electron chi connectivity index (χ0n) is 15.7. The molecular weight excluding hydrogens is 330 g/mol. The van der Waals surface area contributed by atoms with Gasteiger partial charge in [0.2, 0.25) is 0 Å². The van der Waals surface area contributed by atoms with Gasteiger partial charge >= 0.3 is 0 Å². The molecule has 1 unspecified atom stereocenters. The number of nitrogens with zero attached hydrogens (tertiary/aromatic N) is 1. The standard InChI is InChI=1S/C20H29N3O3/c1-15-5-3-4-14-23(15)18(24)16-6-8-17(9-7-16)22-19(25)20(26-2)10-12-21-13-11-20/h6-9,15,21H,3-5,10-14H2,1-2H3,(H,22,25). The Morgan fingerprint density at radius 3 is 2.50 bits per heavy atom. The van der Waals surface area contributed by atoms with Crippen LogP contribution >= 0.6 is 0 Å². The van der Waals surface area contributed by atoms with E-state index in [-0.39, 0.29) is 17.9 Å². The molecule has 2 amide bonds. The van der Waals surface area contributed by atoms with Gasteiger partial charge in [-0.1, -0.05) is 0 Å². The molecule has 142 valence electrons. The summed E-state index contributed by atoms with van der Waals surface area (Å²) in [4.78, 5) is 27.3. The lowest BCUT2D eigenvalue weighted by molar-refractivity contribution is -0.140. The van der Waals surface area contributed by atoms with Crippen molar-refractivity contribution in [1.82, 2.24) is 10.2 Å². The molecule has 6 nitrogen and oxygen atoms in total. The molecule has 0 saturated carbocycles.